The molecule has 7 heteroatoms. The average Bonchev–Trinajstić information content (AvgIpc) is 3.08. The monoisotopic (exact) mass is 345 g/mol. The van der Waals surface area contributed by atoms with Crippen LogP contribution in [0.4, 0.5) is 0 Å². The van der Waals surface area contributed by atoms with Gasteiger partial charge in [-0.3, -0.25) is 9.69 Å². The highest BCUT2D eigenvalue weighted by atomic mass is 32.1. The van der Waals surface area contributed by atoms with E-state index in [4.69, 9.17) is 0 Å². The second-order valence-electron chi connectivity index (χ2n) is 6.27. The van der Waals surface area contributed by atoms with Gasteiger partial charge in [-0.2, -0.15) is 4.37 Å². The predicted molar refractivity (Wildman–Crippen MR) is 96.2 cm³/mol. The Kier molecular flexibility index (Phi) is 5.55. The summed E-state index contributed by atoms with van der Waals surface area (Å²) >= 11 is 1.15. The van der Waals surface area contributed by atoms with E-state index in [0.717, 1.165) is 49.8 Å². The first-order valence-corrected chi connectivity index (χ1v) is 9.00. The van der Waals surface area contributed by atoms with Crippen LogP contribution in [0.1, 0.15) is 16.7 Å². The minimum absolute atomic E-state index is 0.0879. The summed E-state index contributed by atoms with van der Waals surface area (Å²) in [5, 5.41) is 3.45. The summed E-state index contributed by atoms with van der Waals surface area (Å²) in [6.07, 6.45) is 0. The highest BCUT2D eigenvalue weighted by Crippen LogP contribution is 2.17. The molecular weight excluding hydrogens is 322 g/mol. The molecule has 2 heterocycles. The van der Waals surface area contributed by atoms with Gasteiger partial charge in [-0.25, -0.2) is 4.98 Å². The van der Waals surface area contributed by atoms with E-state index in [1.165, 1.54) is 0 Å². The van der Waals surface area contributed by atoms with Gasteiger partial charge >= 0.3 is 0 Å². The lowest BCUT2D eigenvalue weighted by Crippen LogP contribution is -2.49. The third-order valence-corrected chi connectivity index (χ3v) is 4.87. The van der Waals surface area contributed by atoms with Gasteiger partial charge in [0.2, 0.25) is 5.01 Å². The number of amides is 1. The van der Waals surface area contributed by atoms with Crippen LogP contribution < -0.4 is 5.32 Å². The highest BCUT2D eigenvalue weighted by molar-refractivity contribution is 7.07. The third-order valence-electron chi connectivity index (χ3n) is 4.16. The maximum absolute atomic E-state index is 12.4. The summed E-state index contributed by atoms with van der Waals surface area (Å²) < 4.78 is 4.29. The lowest BCUT2D eigenvalue weighted by atomic mass is 10.2. The quantitative estimate of drug-likeness (QED) is 0.891. The SMILES string of the molecule is CC(CN1CCN(C)CC1)NC(=O)c1nc(-c2ccccc2)ns1. The Labute approximate surface area is 146 Å². The van der Waals surface area contributed by atoms with Crippen LogP contribution in [0, 0.1) is 0 Å². The number of hydrogen-bond donors (Lipinski definition) is 1. The maximum atomic E-state index is 12.4. The third kappa shape index (κ3) is 4.37. The summed E-state index contributed by atoms with van der Waals surface area (Å²) in [5.41, 5.74) is 0.929. The number of carbonyl (C=O) groups is 1. The maximum Gasteiger partial charge on any atom is 0.282 e. The molecule has 0 bridgehead atoms. The number of hydrogen-bond acceptors (Lipinski definition) is 6. The van der Waals surface area contributed by atoms with Gasteiger partial charge in [0.15, 0.2) is 5.82 Å². The summed E-state index contributed by atoms with van der Waals surface area (Å²) in [6.45, 7) is 7.16. The molecule has 1 fully saturated rings. The summed E-state index contributed by atoms with van der Waals surface area (Å²) in [5.74, 6) is 0.466. The summed E-state index contributed by atoms with van der Waals surface area (Å²) in [6, 6.07) is 9.80. The number of nitrogens with one attached hydrogen (secondary N) is 1. The second kappa shape index (κ2) is 7.83. The molecule has 1 saturated heterocycles. The van der Waals surface area contributed by atoms with Gasteiger partial charge in [-0.05, 0) is 25.5 Å². The molecule has 1 aromatic carbocycles. The second-order valence-corrected chi connectivity index (χ2v) is 7.02. The Balaban J connectivity index is 1.54. The first-order valence-electron chi connectivity index (χ1n) is 8.22. The summed E-state index contributed by atoms with van der Waals surface area (Å²) in [7, 11) is 2.14. The molecule has 3 rings (SSSR count). The number of likely N-dealkylation sites (N-methyl/N-ethyl adjacent to an activating group) is 1. The van der Waals surface area contributed by atoms with E-state index in [1.807, 2.05) is 37.3 Å². The standard InChI is InChI=1S/C17H23N5OS/c1-13(12-22-10-8-21(2)9-11-22)18-16(23)17-19-15(20-24-17)14-6-4-3-5-7-14/h3-7,13H,8-12H2,1-2H3,(H,18,23). The molecule has 0 radical (unpaired) electrons. The normalized spacial score (nSPS) is 17.6. The van der Waals surface area contributed by atoms with E-state index in [0.29, 0.717) is 10.8 Å². The largest absolute Gasteiger partial charge is 0.346 e. The molecule has 6 nitrogen and oxygen atoms in total. The molecule has 1 atom stereocenters. The van der Waals surface area contributed by atoms with Crippen LogP contribution in [0.25, 0.3) is 11.4 Å². The van der Waals surface area contributed by atoms with Crippen molar-refractivity contribution in [1.82, 2.24) is 24.5 Å². The number of piperazine rings is 1. The molecule has 0 saturated carbocycles. The first kappa shape index (κ1) is 17.0. The van der Waals surface area contributed by atoms with Crippen LogP contribution in [0.2, 0.25) is 0 Å². The zero-order valence-electron chi connectivity index (χ0n) is 14.1. The molecule has 2 aromatic rings. The van der Waals surface area contributed by atoms with Crippen LogP contribution in [0.15, 0.2) is 30.3 Å². The van der Waals surface area contributed by atoms with Crippen LogP contribution in [-0.2, 0) is 0 Å². The topological polar surface area (TPSA) is 61.4 Å². The zero-order chi connectivity index (χ0) is 16.9. The first-order chi connectivity index (χ1) is 11.6. The molecule has 128 valence electrons. The average molecular weight is 345 g/mol. The fourth-order valence-corrected chi connectivity index (χ4v) is 3.36. The van der Waals surface area contributed by atoms with Gasteiger partial charge in [0.1, 0.15) is 0 Å². The Morgan fingerprint density at radius 2 is 1.96 bits per heavy atom. The van der Waals surface area contributed by atoms with Crippen molar-refractivity contribution in [2.75, 3.05) is 39.8 Å². The number of nitrogens with zero attached hydrogens (tertiary/aromatic N) is 4. The van der Waals surface area contributed by atoms with E-state index >= 15 is 0 Å². The molecule has 1 amide bonds. The number of benzene rings is 1. The lowest BCUT2D eigenvalue weighted by molar-refractivity contribution is 0.0914. The summed E-state index contributed by atoms with van der Waals surface area (Å²) in [4.78, 5) is 21.4. The predicted octanol–water partition coefficient (Wildman–Crippen LogP) is 1.57. The number of aromatic nitrogens is 2. The molecule has 1 N–H and O–H groups in total. The molecular formula is C17H23N5OS. The van der Waals surface area contributed by atoms with Crippen molar-refractivity contribution in [2.45, 2.75) is 13.0 Å². The van der Waals surface area contributed by atoms with Crippen LogP contribution in [-0.4, -0.2) is 70.9 Å². The van der Waals surface area contributed by atoms with Crippen molar-refractivity contribution in [3.05, 3.63) is 35.3 Å². The number of carbonyl (C=O) groups excluding carboxylic acids is 1. The van der Waals surface area contributed by atoms with Crippen molar-refractivity contribution in [1.29, 1.82) is 0 Å². The minimum Gasteiger partial charge on any atom is -0.346 e. The van der Waals surface area contributed by atoms with Crippen LogP contribution >= 0.6 is 11.5 Å². The molecule has 0 aliphatic carbocycles. The lowest BCUT2D eigenvalue weighted by Gasteiger charge is -2.33. The van der Waals surface area contributed by atoms with Gasteiger partial charge in [-0.1, -0.05) is 30.3 Å². The van der Waals surface area contributed by atoms with E-state index in [-0.39, 0.29) is 11.9 Å². The van der Waals surface area contributed by atoms with E-state index in [1.54, 1.807) is 0 Å². The Bertz CT molecular complexity index is 667. The number of rotatable bonds is 5. The minimum atomic E-state index is -0.142. The van der Waals surface area contributed by atoms with E-state index < -0.39 is 0 Å². The van der Waals surface area contributed by atoms with E-state index in [2.05, 4.69) is 31.5 Å². The van der Waals surface area contributed by atoms with Crippen LogP contribution in [0.5, 0.6) is 0 Å². The van der Waals surface area contributed by atoms with E-state index in [9.17, 15) is 4.79 Å². The Morgan fingerprint density at radius 3 is 2.67 bits per heavy atom. The fraction of sp³-hybridized carbons (Fsp3) is 0.471. The van der Waals surface area contributed by atoms with Crippen molar-refractivity contribution in [3.8, 4) is 11.4 Å². The zero-order valence-corrected chi connectivity index (χ0v) is 14.9. The highest BCUT2D eigenvalue weighted by Gasteiger charge is 2.19. The smallest absolute Gasteiger partial charge is 0.282 e. The Hall–Kier alpha value is -1.83. The fourth-order valence-electron chi connectivity index (χ4n) is 2.77. The molecule has 1 aliphatic heterocycles. The van der Waals surface area contributed by atoms with Crippen molar-refractivity contribution in [2.24, 2.45) is 0 Å². The molecule has 24 heavy (non-hydrogen) atoms. The van der Waals surface area contributed by atoms with Crippen molar-refractivity contribution in [3.63, 3.8) is 0 Å². The van der Waals surface area contributed by atoms with Gasteiger partial charge in [0, 0.05) is 44.3 Å². The van der Waals surface area contributed by atoms with Gasteiger partial charge in [-0.15, -0.1) is 0 Å². The molecule has 0 spiro atoms. The molecule has 1 aromatic heterocycles. The Morgan fingerprint density at radius 1 is 1.25 bits per heavy atom. The van der Waals surface area contributed by atoms with Gasteiger partial charge in [0.25, 0.3) is 5.91 Å². The van der Waals surface area contributed by atoms with Gasteiger partial charge < -0.3 is 10.2 Å². The van der Waals surface area contributed by atoms with Crippen molar-refractivity contribution < 1.29 is 4.79 Å². The van der Waals surface area contributed by atoms with Crippen molar-refractivity contribution >= 4 is 17.4 Å². The molecule has 1 unspecified atom stereocenters. The molecule has 1 aliphatic rings. The van der Waals surface area contributed by atoms with Gasteiger partial charge in [0.05, 0.1) is 0 Å². The van der Waals surface area contributed by atoms with Crippen LogP contribution in [0.3, 0.4) is 0 Å².